The molecule has 0 aliphatic carbocycles. The Kier molecular flexibility index (Phi) is 6.74. The predicted molar refractivity (Wildman–Crippen MR) is 130 cm³/mol. The van der Waals surface area contributed by atoms with Gasteiger partial charge in [-0.3, -0.25) is 9.36 Å². The fourth-order valence-electron chi connectivity index (χ4n) is 3.13. The van der Waals surface area contributed by atoms with Crippen molar-refractivity contribution in [3.05, 3.63) is 93.6 Å². The summed E-state index contributed by atoms with van der Waals surface area (Å²) in [5.74, 6) is 0.336. The molecule has 0 amide bonds. The molecule has 0 saturated heterocycles. The van der Waals surface area contributed by atoms with Crippen LogP contribution in [0.25, 0.3) is 0 Å². The molecule has 2 N–H and O–H groups in total. The Balaban J connectivity index is 1.37. The molecule has 4 rings (SSSR count). The zero-order valence-electron chi connectivity index (χ0n) is 17.0. The molecule has 0 atom stereocenters. The minimum Gasteiger partial charge on any atom is -0.330 e. The first-order chi connectivity index (χ1) is 15.4. The van der Waals surface area contributed by atoms with Crippen molar-refractivity contribution < 1.29 is 4.39 Å². The molecule has 0 saturated carbocycles. The van der Waals surface area contributed by atoms with E-state index in [1.54, 1.807) is 39.8 Å². The molecule has 10 heteroatoms. The van der Waals surface area contributed by atoms with E-state index >= 15 is 0 Å². The smallest absolute Gasteiger partial charge is 0.176 e. The van der Waals surface area contributed by atoms with Crippen LogP contribution in [0.15, 0.2) is 60.9 Å². The van der Waals surface area contributed by atoms with Gasteiger partial charge in [-0.25, -0.2) is 4.39 Å². The molecule has 0 fully saturated rings. The summed E-state index contributed by atoms with van der Waals surface area (Å²) in [6.45, 7) is 2.91. The summed E-state index contributed by atoms with van der Waals surface area (Å²) in [6, 6.07) is 13.6. The van der Waals surface area contributed by atoms with Crippen molar-refractivity contribution in [2.45, 2.75) is 20.0 Å². The van der Waals surface area contributed by atoms with E-state index in [0.717, 1.165) is 22.5 Å². The van der Waals surface area contributed by atoms with Gasteiger partial charge in [-0.1, -0.05) is 41.4 Å². The number of aryl methyl sites for hydroxylation is 1. The lowest BCUT2D eigenvalue weighted by molar-refractivity contribution is 0.624. The van der Waals surface area contributed by atoms with E-state index in [-0.39, 0.29) is 5.82 Å². The van der Waals surface area contributed by atoms with Gasteiger partial charge in [0.2, 0.25) is 0 Å². The monoisotopic (exact) mass is 488 g/mol. The first-order valence-electron chi connectivity index (χ1n) is 9.69. The van der Waals surface area contributed by atoms with Gasteiger partial charge in [0, 0.05) is 33.6 Å². The quantitative estimate of drug-likeness (QED) is 0.339. The van der Waals surface area contributed by atoms with Crippen LogP contribution in [-0.2, 0) is 13.1 Å². The lowest BCUT2D eigenvalue weighted by atomic mass is 10.2. The van der Waals surface area contributed by atoms with Crippen LogP contribution in [0.5, 0.6) is 0 Å². The lowest BCUT2D eigenvalue weighted by Crippen LogP contribution is -2.19. The van der Waals surface area contributed by atoms with Gasteiger partial charge < -0.3 is 10.6 Å². The summed E-state index contributed by atoms with van der Waals surface area (Å²) in [5, 5.41) is 16.6. The number of aromatic nitrogens is 4. The Morgan fingerprint density at radius 3 is 2.50 bits per heavy atom. The molecular weight excluding hydrogens is 470 g/mol. The van der Waals surface area contributed by atoms with Gasteiger partial charge in [0.15, 0.2) is 10.9 Å². The molecule has 0 aliphatic rings. The molecule has 164 valence electrons. The van der Waals surface area contributed by atoms with Crippen LogP contribution in [0.2, 0.25) is 10.0 Å². The van der Waals surface area contributed by atoms with Gasteiger partial charge in [-0.15, -0.1) is 0 Å². The van der Waals surface area contributed by atoms with Crippen LogP contribution in [0.1, 0.15) is 16.8 Å². The van der Waals surface area contributed by atoms with Crippen molar-refractivity contribution >= 4 is 52.0 Å². The van der Waals surface area contributed by atoms with Gasteiger partial charge in [0.25, 0.3) is 0 Å². The van der Waals surface area contributed by atoms with Crippen molar-refractivity contribution in [2.75, 3.05) is 10.6 Å². The maximum absolute atomic E-state index is 13.1. The van der Waals surface area contributed by atoms with E-state index in [0.29, 0.717) is 34.1 Å². The minimum absolute atomic E-state index is 0.263. The van der Waals surface area contributed by atoms with E-state index in [1.165, 1.54) is 12.1 Å². The molecule has 0 radical (unpaired) electrons. The number of anilines is 2. The number of benzene rings is 2. The largest absolute Gasteiger partial charge is 0.330 e. The Morgan fingerprint density at radius 1 is 1.06 bits per heavy atom. The molecular formula is C22H19Cl2FN6S. The normalized spacial score (nSPS) is 10.9. The number of nitrogens with zero attached hydrogens (tertiary/aromatic N) is 4. The second kappa shape index (κ2) is 9.68. The average Bonchev–Trinajstić information content (AvgIpc) is 3.32. The Labute approximate surface area is 200 Å². The average molecular weight is 489 g/mol. The molecule has 2 aromatic carbocycles. The van der Waals surface area contributed by atoms with Crippen molar-refractivity contribution in [1.29, 1.82) is 0 Å². The number of hydrogen-bond acceptors (Lipinski definition) is 3. The minimum atomic E-state index is -0.263. The molecule has 2 aromatic heterocycles. The first-order valence-corrected chi connectivity index (χ1v) is 10.9. The van der Waals surface area contributed by atoms with Crippen molar-refractivity contribution in [3.63, 3.8) is 0 Å². The number of thiocarbonyl (C=S) groups is 1. The van der Waals surface area contributed by atoms with Gasteiger partial charge >= 0.3 is 0 Å². The Bertz CT molecular complexity index is 1230. The summed E-state index contributed by atoms with van der Waals surface area (Å²) in [4.78, 5) is 0. The molecule has 0 unspecified atom stereocenters. The molecule has 2 heterocycles. The van der Waals surface area contributed by atoms with Crippen molar-refractivity contribution in [3.8, 4) is 0 Å². The third-order valence-corrected chi connectivity index (χ3v) is 5.65. The summed E-state index contributed by atoms with van der Waals surface area (Å²) in [7, 11) is 0. The zero-order chi connectivity index (χ0) is 22.7. The summed E-state index contributed by atoms with van der Waals surface area (Å²) in [5.41, 5.74) is 3.41. The molecule has 6 nitrogen and oxygen atoms in total. The fraction of sp³-hybridized carbons (Fsp3) is 0.136. The number of hydrogen-bond donors (Lipinski definition) is 2. The maximum Gasteiger partial charge on any atom is 0.176 e. The second-order valence-corrected chi connectivity index (χ2v) is 8.38. The predicted octanol–water partition coefficient (Wildman–Crippen LogP) is 5.74. The highest BCUT2D eigenvalue weighted by Gasteiger charge is 2.11. The van der Waals surface area contributed by atoms with Crippen molar-refractivity contribution in [1.82, 2.24) is 19.6 Å². The standard InChI is InChI=1S/C22H19Cl2FN6S/c1-14-9-21(29-31(14)13-18-19(23)3-2-4-20(18)24)28-22(32)27-17-10-26-30(12-17)11-15-5-7-16(25)8-6-15/h2-10,12H,11,13H2,1H3,(H2,27,28,29,32). The van der Waals surface area contributed by atoms with Gasteiger partial charge in [-0.2, -0.15) is 10.2 Å². The van der Waals surface area contributed by atoms with E-state index in [9.17, 15) is 4.39 Å². The Hall–Kier alpha value is -2.94. The topological polar surface area (TPSA) is 59.7 Å². The van der Waals surface area contributed by atoms with E-state index in [1.807, 2.05) is 25.3 Å². The van der Waals surface area contributed by atoms with Crippen LogP contribution in [-0.4, -0.2) is 24.7 Å². The maximum atomic E-state index is 13.1. The van der Waals surface area contributed by atoms with Gasteiger partial charge in [0.1, 0.15) is 5.82 Å². The third kappa shape index (κ3) is 5.45. The zero-order valence-corrected chi connectivity index (χ0v) is 19.3. The lowest BCUT2D eigenvalue weighted by Gasteiger charge is -2.09. The van der Waals surface area contributed by atoms with Crippen molar-refractivity contribution in [2.24, 2.45) is 0 Å². The van der Waals surface area contributed by atoms with Crippen LogP contribution in [0.4, 0.5) is 15.9 Å². The summed E-state index contributed by atoms with van der Waals surface area (Å²) >= 11 is 18.0. The van der Waals surface area contributed by atoms with E-state index < -0.39 is 0 Å². The number of nitrogens with one attached hydrogen (secondary N) is 2. The summed E-state index contributed by atoms with van der Waals surface area (Å²) < 4.78 is 16.6. The first kappa shape index (κ1) is 22.3. The van der Waals surface area contributed by atoms with Crippen LogP contribution in [0.3, 0.4) is 0 Å². The molecule has 4 aromatic rings. The van der Waals surface area contributed by atoms with Crippen LogP contribution >= 0.6 is 35.4 Å². The third-order valence-electron chi connectivity index (χ3n) is 4.74. The van der Waals surface area contributed by atoms with Crippen LogP contribution in [0, 0.1) is 12.7 Å². The number of halogens is 3. The molecule has 32 heavy (non-hydrogen) atoms. The second-order valence-electron chi connectivity index (χ2n) is 7.16. The fourth-order valence-corrected chi connectivity index (χ4v) is 3.87. The molecule has 0 aliphatic heterocycles. The highest BCUT2D eigenvalue weighted by molar-refractivity contribution is 7.80. The number of rotatable bonds is 6. The highest BCUT2D eigenvalue weighted by atomic mass is 35.5. The van der Waals surface area contributed by atoms with Crippen LogP contribution < -0.4 is 10.6 Å². The van der Waals surface area contributed by atoms with Gasteiger partial charge in [0.05, 0.1) is 25.0 Å². The molecule has 0 bridgehead atoms. The van der Waals surface area contributed by atoms with Gasteiger partial charge in [-0.05, 0) is 49.0 Å². The van der Waals surface area contributed by atoms with E-state index in [4.69, 9.17) is 35.4 Å². The summed E-state index contributed by atoms with van der Waals surface area (Å²) in [6.07, 6.45) is 3.49. The highest BCUT2D eigenvalue weighted by Crippen LogP contribution is 2.26. The molecule has 0 spiro atoms. The van der Waals surface area contributed by atoms with E-state index in [2.05, 4.69) is 20.8 Å². The Morgan fingerprint density at radius 2 is 1.78 bits per heavy atom. The SMILES string of the molecule is Cc1cc(NC(=S)Nc2cnn(Cc3ccc(F)cc3)c2)nn1Cc1c(Cl)cccc1Cl.